The lowest BCUT2D eigenvalue weighted by Crippen LogP contribution is -2.33. The summed E-state index contributed by atoms with van der Waals surface area (Å²) < 4.78 is 35.7. The Labute approximate surface area is 235 Å². The van der Waals surface area contributed by atoms with Crippen molar-refractivity contribution in [2.45, 2.75) is 25.8 Å². The number of amides is 1. The van der Waals surface area contributed by atoms with Crippen LogP contribution in [0, 0.1) is 24.5 Å². The minimum atomic E-state index is -0.720. The van der Waals surface area contributed by atoms with E-state index in [0.29, 0.717) is 22.6 Å². The molecule has 0 radical (unpaired) electrons. The first kappa shape index (κ1) is 26.4. The van der Waals surface area contributed by atoms with Gasteiger partial charge in [0.1, 0.15) is 17.4 Å². The molecule has 0 spiro atoms. The van der Waals surface area contributed by atoms with Gasteiger partial charge in [0.15, 0.2) is 0 Å². The number of hydrogen-bond donors (Lipinski definition) is 1. The van der Waals surface area contributed by atoms with Crippen LogP contribution in [-0.4, -0.2) is 22.6 Å². The lowest BCUT2D eigenvalue weighted by molar-refractivity contribution is 0.0932. The van der Waals surface area contributed by atoms with Crippen molar-refractivity contribution in [3.05, 3.63) is 124 Å². The second kappa shape index (κ2) is 10.6. The Morgan fingerprint density at radius 2 is 1.78 bits per heavy atom. The molecule has 3 aromatic carbocycles. The Morgan fingerprint density at radius 3 is 2.44 bits per heavy atom. The van der Waals surface area contributed by atoms with Gasteiger partial charge in [0.25, 0.3) is 11.5 Å². The normalized spacial score (nSPS) is 13.7. The van der Waals surface area contributed by atoms with Gasteiger partial charge in [0, 0.05) is 16.6 Å². The molecule has 1 amide bonds. The number of benzene rings is 3. The van der Waals surface area contributed by atoms with E-state index < -0.39 is 23.3 Å². The molecule has 1 aliphatic rings. The number of nitrogens with one attached hydrogen (secondary N) is 1. The van der Waals surface area contributed by atoms with Gasteiger partial charge in [-0.25, -0.2) is 8.78 Å². The van der Waals surface area contributed by atoms with Crippen LogP contribution in [0.4, 0.5) is 8.78 Å². The molecule has 6 nitrogen and oxygen atoms in total. The van der Waals surface area contributed by atoms with E-state index in [4.69, 9.17) is 4.74 Å². The lowest BCUT2D eigenvalue weighted by atomic mass is 9.99. The Bertz CT molecular complexity index is 1830. The summed E-state index contributed by atoms with van der Waals surface area (Å²) in [6.07, 6.45) is 3.34. The predicted molar refractivity (Wildman–Crippen MR) is 153 cm³/mol. The monoisotopic (exact) mass is 551 g/mol. The van der Waals surface area contributed by atoms with Gasteiger partial charge in [-0.05, 0) is 85.8 Å². The zero-order valence-electron chi connectivity index (χ0n) is 22.5. The Hall–Kier alpha value is -4.85. The van der Waals surface area contributed by atoms with E-state index in [2.05, 4.69) is 10.3 Å². The molecular weight excluding hydrogens is 524 g/mol. The van der Waals surface area contributed by atoms with Crippen LogP contribution in [0.5, 0.6) is 5.75 Å². The number of fused-ring (bicyclic) bond motifs is 1. The highest BCUT2D eigenvalue weighted by Gasteiger charge is 2.35. The highest BCUT2D eigenvalue weighted by Crippen LogP contribution is 2.41. The molecule has 206 valence electrons. The van der Waals surface area contributed by atoms with Crippen molar-refractivity contribution < 1.29 is 18.3 Å². The number of hydrogen-bond acceptors (Lipinski definition) is 4. The molecule has 6 rings (SSSR count). The fraction of sp³-hybridized carbons (Fsp3) is 0.182. The molecule has 8 heteroatoms. The van der Waals surface area contributed by atoms with Gasteiger partial charge < -0.3 is 10.1 Å². The van der Waals surface area contributed by atoms with Gasteiger partial charge in [0.2, 0.25) is 0 Å². The van der Waals surface area contributed by atoms with Crippen molar-refractivity contribution in [1.82, 2.24) is 14.9 Å². The largest absolute Gasteiger partial charge is 0.497 e. The highest BCUT2D eigenvalue weighted by molar-refractivity contribution is 6.08. The van der Waals surface area contributed by atoms with Gasteiger partial charge in [0.05, 0.1) is 41.7 Å². The summed E-state index contributed by atoms with van der Waals surface area (Å²) in [6.45, 7) is 1.66. The van der Waals surface area contributed by atoms with Crippen LogP contribution >= 0.6 is 0 Å². The number of pyridine rings is 2. The van der Waals surface area contributed by atoms with Crippen molar-refractivity contribution in [3.8, 4) is 22.7 Å². The van der Waals surface area contributed by atoms with Crippen LogP contribution < -0.4 is 15.6 Å². The number of carbonyl (C=O) groups excluding carboxylic acids is 1. The fourth-order valence-corrected chi connectivity index (χ4v) is 5.39. The highest BCUT2D eigenvalue weighted by atomic mass is 19.1. The molecule has 0 aliphatic heterocycles. The van der Waals surface area contributed by atoms with E-state index in [9.17, 15) is 14.0 Å². The summed E-state index contributed by atoms with van der Waals surface area (Å²) in [6, 6.07) is 20.9. The van der Waals surface area contributed by atoms with Crippen LogP contribution in [-0.2, 0) is 0 Å². The first-order valence-corrected chi connectivity index (χ1v) is 13.4. The average Bonchev–Trinajstić information content (AvgIpc) is 3.82. The predicted octanol–water partition coefficient (Wildman–Crippen LogP) is 6.53. The van der Waals surface area contributed by atoms with Crippen molar-refractivity contribution >= 4 is 16.7 Å². The van der Waals surface area contributed by atoms with Gasteiger partial charge in [-0.2, -0.15) is 0 Å². The van der Waals surface area contributed by atoms with E-state index in [0.717, 1.165) is 24.2 Å². The van der Waals surface area contributed by atoms with Crippen molar-refractivity contribution in [2.24, 2.45) is 5.92 Å². The number of halogens is 2. The topological polar surface area (TPSA) is 73.2 Å². The zero-order chi connectivity index (χ0) is 28.7. The first-order valence-electron chi connectivity index (χ1n) is 13.4. The Morgan fingerprint density at radius 1 is 1.02 bits per heavy atom. The maximum atomic E-state index is 15.2. The van der Waals surface area contributed by atoms with E-state index in [-0.39, 0.29) is 28.1 Å². The second-order valence-corrected chi connectivity index (χ2v) is 10.2. The summed E-state index contributed by atoms with van der Waals surface area (Å²) in [7, 11) is 1.59. The molecule has 2 aromatic heterocycles. The molecule has 0 bridgehead atoms. The van der Waals surface area contributed by atoms with Crippen LogP contribution in [0.1, 0.15) is 40.5 Å². The summed E-state index contributed by atoms with van der Waals surface area (Å²) >= 11 is 0. The quantitative estimate of drug-likeness (QED) is 0.250. The summed E-state index contributed by atoms with van der Waals surface area (Å²) in [5.41, 5.74) is 2.53. The minimum Gasteiger partial charge on any atom is -0.497 e. The molecule has 1 aliphatic carbocycles. The number of methoxy groups -OCH3 is 1. The van der Waals surface area contributed by atoms with E-state index in [1.165, 1.54) is 35.0 Å². The minimum absolute atomic E-state index is 0.171. The summed E-state index contributed by atoms with van der Waals surface area (Å²) in [5.74, 6) is -0.675. The Balaban J connectivity index is 1.44. The number of nitrogens with zero attached hydrogens (tertiary/aromatic N) is 2. The molecule has 1 atom stereocenters. The summed E-state index contributed by atoms with van der Waals surface area (Å²) in [5, 5.41) is 3.10. The molecule has 1 N–H and O–H groups in total. The SMILES string of the molecule is COc1ccc(-c2ccc(-n3c(C)c(C(=O)N[C@H](c4cccc(F)c4)C4CC4)c4cccc(F)c4c3=O)cn2)cc1. The van der Waals surface area contributed by atoms with Crippen molar-refractivity contribution in [3.63, 3.8) is 0 Å². The molecule has 5 aromatic rings. The zero-order valence-corrected chi connectivity index (χ0v) is 22.5. The third-order valence-corrected chi connectivity index (χ3v) is 7.60. The van der Waals surface area contributed by atoms with Gasteiger partial charge in [-0.1, -0.05) is 24.3 Å². The van der Waals surface area contributed by atoms with E-state index in [1.54, 1.807) is 44.4 Å². The third-order valence-electron chi connectivity index (χ3n) is 7.60. The molecule has 1 fully saturated rings. The number of aromatic nitrogens is 2. The van der Waals surface area contributed by atoms with E-state index >= 15 is 4.39 Å². The smallest absolute Gasteiger partial charge is 0.266 e. The molecular formula is C33H27F2N3O3. The number of carbonyl (C=O) groups is 1. The van der Waals surface area contributed by atoms with E-state index in [1.807, 2.05) is 24.3 Å². The molecule has 2 heterocycles. The second-order valence-electron chi connectivity index (χ2n) is 10.2. The van der Waals surface area contributed by atoms with Crippen LogP contribution in [0.15, 0.2) is 89.9 Å². The maximum absolute atomic E-state index is 15.2. The number of rotatable bonds is 7. The standard InChI is InChI=1S/C33H27F2N3O3/c1-19-29(32(39)37-31(21-9-10-21)22-5-3-6-23(34)17-22)26-7-4-8-27(35)30(26)33(40)38(19)24-13-16-28(36-18-24)20-11-14-25(41-2)15-12-20/h3-8,11-18,21,31H,9-10H2,1-2H3,(H,37,39)/t31-/m0/s1. The van der Waals surface area contributed by atoms with Gasteiger partial charge in [-0.15, -0.1) is 0 Å². The molecule has 1 saturated carbocycles. The summed E-state index contributed by atoms with van der Waals surface area (Å²) in [4.78, 5) is 32.1. The van der Waals surface area contributed by atoms with Crippen molar-refractivity contribution in [2.75, 3.05) is 7.11 Å². The average molecular weight is 552 g/mol. The van der Waals surface area contributed by atoms with Crippen LogP contribution in [0.2, 0.25) is 0 Å². The Kier molecular flexibility index (Phi) is 6.83. The van der Waals surface area contributed by atoms with Crippen LogP contribution in [0.25, 0.3) is 27.7 Å². The van der Waals surface area contributed by atoms with Gasteiger partial charge in [-0.3, -0.25) is 19.1 Å². The van der Waals surface area contributed by atoms with Crippen molar-refractivity contribution in [1.29, 1.82) is 0 Å². The lowest BCUT2D eigenvalue weighted by Gasteiger charge is -2.22. The molecule has 41 heavy (non-hydrogen) atoms. The van der Waals surface area contributed by atoms with Gasteiger partial charge >= 0.3 is 0 Å². The first-order chi connectivity index (χ1) is 19.9. The third kappa shape index (κ3) is 4.97. The molecule has 0 saturated heterocycles. The maximum Gasteiger partial charge on any atom is 0.266 e. The molecule has 0 unspecified atom stereocenters. The fourth-order valence-electron chi connectivity index (χ4n) is 5.39. The number of ether oxygens (including phenoxy) is 1. The van der Waals surface area contributed by atoms with Crippen LogP contribution in [0.3, 0.4) is 0 Å².